The average Bonchev–Trinajstić information content (AvgIpc) is 3.04. The van der Waals surface area contributed by atoms with Gasteiger partial charge >= 0.3 is 5.76 Å². The third-order valence-corrected chi connectivity index (χ3v) is 5.52. The van der Waals surface area contributed by atoms with Crippen LogP contribution in [-0.2, 0) is 6.54 Å². The summed E-state index contributed by atoms with van der Waals surface area (Å²) in [6.07, 6.45) is 2.47. The Labute approximate surface area is 162 Å². The Balaban J connectivity index is 1.28. The predicted molar refractivity (Wildman–Crippen MR) is 105 cm³/mol. The molecule has 0 saturated carbocycles. The van der Waals surface area contributed by atoms with Crippen molar-refractivity contribution < 1.29 is 13.6 Å². The topological polar surface area (TPSA) is 55.5 Å². The number of benzene rings is 2. The van der Waals surface area contributed by atoms with Gasteiger partial charge in [0.15, 0.2) is 11.4 Å². The molecule has 0 radical (unpaired) electrons. The summed E-state index contributed by atoms with van der Waals surface area (Å²) in [5.41, 5.74) is 2.04. The van der Waals surface area contributed by atoms with Crippen LogP contribution >= 0.6 is 0 Å². The van der Waals surface area contributed by atoms with Crippen molar-refractivity contribution in [2.75, 3.05) is 19.6 Å². The number of likely N-dealkylation sites (tertiary alicyclic amines) is 1. The van der Waals surface area contributed by atoms with Crippen LogP contribution in [0.25, 0.3) is 11.1 Å². The van der Waals surface area contributed by atoms with Crippen LogP contribution in [0, 0.1) is 11.7 Å². The van der Waals surface area contributed by atoms with Crippen molar-refractivity contribution in [2.24, 2.45) is 5.92 Å². The van der Waals surface area contributed by atoms with E-state index in [0.29, 0.717) is 17.7 Å². The quantitative estimate of drug-likeness (QED) is 0.610. The fraction of sp³-hybridized carbons (Fsp3) is 0.364. The van der Waals surface area contributed by atoms with Gasteiger partial charge in [-0.25, -0.2) is 9.18 Å². The van der Waals surface area contributed by atoms with E-state index >= 15 is 0 Å². The molecule has 28 heavy (non-hydrogen) atoms. The first kappa shape index (κ1) is 18.6. The van der Waals surface area contributed by atoms with Crippen LogP contribution in [0.15, 0.2) is 57.7 Å². The smallest absolute Gasteiger partial charge is 0.408 e. The van der Waals surface area contributed by atoms with E-state index in [-0.39, 0.29) is 23.3 Å². The number of carbonyl (C=O) groups is 1. The highest BCUT2D eigenvalue weighted by Gasteiger charge is 2.25. The zero-order valence-electron chi connectivity index (χ0n) is 15.6. The number of aryl methyl sites for hydroxylation is 1. The number of Topliss-reactive ketones (excluding diaryl/α,β-unsaturated/α-hetero) is 1. The maximum absolute atomic E-state index is 13.0. The van der Waals surface area contributed by atoms with E-state index in [1.807, 2.05) is 18.2 Å². The minimum absolute atomic E-state index is 0.00199. The number of hydrogen-bond acceptors (Lipinski definition) is 4. The number of fused-ring (bicyclic) bond motifs is 1. The van der Waals surface area contributed by atoms with Gasteiger partial charge in [-0.15, -0.1) is 0 Å². The molecule has 0 atom stereocenters. The second-order valence-electron chi connectivity index (χ2n) is 7.33. The Morgan fingerprint density at radius 1 is 1.04 bits per heavy atom. The van der Waals surface area contributed by atoms with Crippen LogP contribution < -0.4 is 5.76 Å². The van der Waals surface area contributed by atoms with Crippen LogP contribution in [-0.4, -0.2) is 34.9 Å². The maximum atomic E-state index is 13.0. The number of rotatable bonds is 6. The molecule has 0 aliphatic carbocycles. The zero-order valence-corrected chi connectivity index (χ0v) is 15.6. The Kier molecular flexibility index (Phi) is 5.39. The second kappa shape index (κ2) is 8.10. The van der Waals surface area contributed by atoms with Crippen LogP contribution in [0.1, 0.15) is 29.6 Å². The minimum atomic E-state index is -0.323. The standard InChI is InChI=1S/C22H23FN2O3/c23-18-8-6-16(7-9-18)21(26)17-10-14-24(15-11-17)12-3-13-25-19-4-1-2-5-20(19)28-22(25)27/h1-2,4-9,17H,3,10-15H2. The number of halogens is 1. The lowest BCUT2D eigenvalue weighted by Gasteiger charge is -2.31. The number of ketones is 1. The average molecular weight is 382 g/mol. The van der Waals surface area contributed by atoms with Gasteiger partial charge in [0.2, 0.25) is 0 Å². The number of piperidine rings is 1. The Bertz CT molecular complexity index is 1010. The molecule has 1 aliphatic heterocycles. The summed E-state index contributed by atoms with van der Waals surface area (Å²) < 4.78 is 20.0. The molecule has 0 bridgehead atoms. The lowest BCUT2D eigenvalue weighted by atomic mass is 9.89. The van der Waals surface area contributed by atoms with Crippen molar-refractivity contribution in [1.82, 2.24) is 9.47 Å². The number of aromatic nitrogens is 1. The van der Waals surface area contributed by atoms with E-state index in [2.05, 4.69) is 4.90 Å². The van der Waals surface area contributed by atoms with Crippen LogP contribution in [0.3, 0.4) is 0 Å². The summed E-state index contributed by atoms with van der Waals surface area (Å²) in [4.78, 5) is 26.9. The molecule has 1 fully saturated rings. The molecule has 6 heteroatoms. The molecule has 1 saturated heterocycles. The van der Waals surface area contributed by atoms with Crippen molar-refractivity contribution in [3.63, 3.8) is 0 Å². The van der Waals surface area contributed by atoms with Gasteiger partial charge in [0.1, 0.15) is 5.82 Å². The van der Waals surface area contributed by atoms with E-state index in [1.165, 1.54) is 12.1 Å². The number of hydrogen-bond donors (Lipinski definition) is 0. The summed E-state index contributed by atoms with van der Waals surface area (Å²) in [5.74, 6) is -0.529. The van der Waals surface area contributed by atoms with Crippen molar-refractivity contribution >= 4 is 16.9 Å². The molecule has 1 aliphatic rings. The van der Waals surface area contributed by atoms with Crippen LogP contribution in [0.4, 0.5) is 4.39 Å². The molecular weight excluding hydrogens is 359 g/mol. The van der Waals surface area contributed by atoms with E-state index in [9.17, 15) is 14.0 Å². The van der Waals surface area contributed by atoms with Gasteiger partial charge in [0.05, 0.1) is 5.52 Å². The first-order valence-electron chi connectivity index (χ1n) is 9.72. The fourth-order valence-electron chi connectivity index (χ4n) is 3.95. The summed E-state index contributed by atoms with van der Waals surface area (Å²) in [5, 5.41) is 0. The SMILES string of the molecule is O=C(c1ccc(F)cc1)C1CCN(CCCn2c(=O)oc3ccccc32)CC1. The summed E-state index contributed by atoms with van der Waals surface area (Å²) in [6, 6.07) is 13.3. The monoisotopic (exact) mass is 382 g/mol. The predicted octanol–water partition coefficient (Wildman–Crippen LogP) is 3.72. The normalized spacial score (nSPS) is 15.9. The highest BCUT2D eigenvalue weighted by atomic mass is 19.1. The lowest BCUT2D eigenvalue weighted by molar-refractivity contribution is 0.0838. The highest BCUT2D eigenvalue weighted by Crippen LogP contribution is 2.22. The number of nitrogens with zero attached hydrogens (tertiary/aromatic N) is 2. The van der Waals surface area contributed by atoms with Crippen molar-refractivity contribution in [3.8, 4) is 0 Å². The fourth-order valence-corrected chi connectivity index (χ4v) is 3.95. The second-order valence-corrected chi connectivity index (χ2v) is 7.33. The first-order valence-corrected chi connectivity index (χ1v) is 9.72. The third kappa shape index (κ3) is 3.92. The van der Waals surface area contributed by atoms with Crippen LogP contribution in [0.5, 0.6) is 0 Å². The van der Waals surface area contributed by atoms with E-state index in [1.54, 1.807) is 22.8 Å². The number of oxazole rings is 1. The molecule has 1 aromatic heterocycles. The van der Waals surface area contributed by atoms with Gasteiger partial charge in [-0.05, 0) is 75.3 Å². The van der Waals surface area contributed by atoms with E-state index < -0.39 is 0 Å². The molecule has 0 spiro atoms. The highest BCUT2D eigenvalue weighted by molar-refractivity contribution is 5.97. The molecule has 0 unspecified atom stereocenters. The molecule has 2 heterocycles. The summed E-state index contributed by atoms with van der Waals surface area (Å²) in [6.45, 7) is 3.21. The van der Waals surface area contributed by atoms with Crippen molar-refractivity contribution in [3.05, 3.63) is 70.5 Å². The summed E-state index contributed by atoms with van der Waals surface area (Å²) in [7, 11) is 0. The molecule has 3 aromatic rings. The largest absolute Gasteiger partial charge is 0.419 e. The van der Waals surface area contributed by atoms with Gasteiger partial charge in [0.25, 0.3) is 0 Å². The number of carbonyl (C=O) groups excluding carboxylic acids is 1. The van der Waals surface area contributed by atoms with Gasteiger partial charge in [-0.2, -0.15) is 0 Å². The molecule has 2 aromatic carbocycles. The minimum Gasteiger partial charge on any atom is -0.408 e. The Hall–Kier alpha value is -2.73. The molecular formula is C22H23FN2O3. The summed E-state index contributed by atoms with van der Waals surface area (Å²) >= 11 is 0. The molecule has 0 N–H and O–H groups in total. The first-order chi connectivity index (χ1) is 13.6. The molecule has 4 rings (SSSR count). The zero-order chi connectivity index (χ0) is 19.5. The van der Waals surface area contributed by atoms with Gasteiger partial charge < -0.3 is 9.32 Å². The maximum Gasteiger partial charge on any atom is 0.419 e. The van der Waals surface area contributed by atoms with E-state index in [0.717, 1.165) is 44.4 Å². The Morgan fingerprint density at radius 3 is 2.50 bits per heavy atom. The van der Waals surface area contributed by atoms with Gasteiger partial charge in [-0.3, -0.25) is 9.36 Å². The Morgan fingerprint density at radius 2 is 1.75 bits per heavy atom. The van der Waals surface area contributed by atoms with Crippen molar-refractivity contribution in [2.45, 2.75) is 25.8 Å². The molecule has 5 nitrogen and oxygen atoms in total. The van der Waals surface area contributed by atoms with E-state index in [4.69, 9.17) is 4.42 Å². The number of para-hydroxylation sites is 2. The van der Waals surface area contributed by atoms with Crippen molar-refractivity contribution in [1.29, 1.82) is 0 Å². The van der Waals surface area contributed by atoms with Gasteiger partial charge in [-0.1, -0.05) is 12.1 Å². The molecule has 146 valence electrons. The third-order valence-electron chi connectivity index (χ3n) is 5.52. The van der Waals surface area contributed by atoms with Gasteiger partial charge in [0, 0.05) is 18.0 Å². The van der Waals surface area contributed by atoms with Crippen LogP contribution in [0.2, 0.25) is 0 Å². The lowest BCUT2D eigenvalue weighted by Crippen LogP contribution is -2.37. The molecule has 0 amide bonds.